The minimum absolute atomic E-state index is 0.198. The molecule has 0 aliphatic carbocycles. The topological polar surface area (TPSA) is 78.9 Å². The van der Waals surface area contributed by atoms with Crippen molar-refractivity contribution in [1.82, 2.24) is 20.2 Å². The summed E-state index contributed by atoms with van der Waals surface area (Å²) in [7, 11) is 0. The van der Waals surface area contributed by atoms with Gasteiger partial charge < -0.3 is 10.5 Å². The average molecular weight is 310 g/mol. The van der Waals surface area contributed by atoms with Crippen molar-refractivity contribution in [1.29, 1.82) is 0 Å². The number of nitrogens with two attached hydrogens (primary N) is 1. The second kappa shape index (κ2) is 4.66. The van der Waals surface area contributed by atoms with E-state index >= 15 is 0 Å². The van der Waals surface area contributed by atoms with Gasteiger partial charge >= 0.3 is 0 Å². The Hall–Kier alpha value is -1.47. The molecule has 1 saturated heterocycles. The van der Waals surface area contributed by atoms with E-state index in [0.29, 0.717) is 18.1 Å². The lowest BCUT2D eigenvalue weighted by Crippen LogP contribution is -2.12. The van der Waals surface area contributed by atoms with Gasteiger partial charge in [0.2, 0.25) is 0 Å². The van der Waals surface area contributed by atoms with Gasteiger partial charge in [-0.05, 0) is 44.9 Å². The summed E-state index contributed by atoms with van der Waals surface area (Å²) in [5, 5.41) is 11.9. The SMILES string of the molecule is Nc1cccc(-c2nnnn2C2CCOC2)c1Br. The smallest absolute Gasteiger partial charge is 0.183 e. The second-order valence-corrected chi connectivity index (χ2v) is 4.97. The van der Waals surface area contributed by atoms with E-state index in [9.17, 15) is 0 Å². The predicted molar refractivity (Wildman–Crippen MR) is 69.8 cm³/mol. The summed E-state index contributed by atoms with van der Waals surface area (Å²) < 4.78 is 8.00. The highest BCUT2D eigenvalue weighted by Crippen LogP contribution is 2.32. The van der Waals surface area contributed by atoms with Gasteiger partial charge in [0.25, 0.3) is 0 Å². The highest BCUT2D eigenvalue weighted by molar-refractivity contribution is 9.10. The van der Waals surface area contributed by atoms with Crippen LogP contribution in [0.2, 0.25) is 0 Å². The first-order valence-electron chi connectivity index (χ1n) is 5.67. The van der Waals surface area contributed by atoms with Crippen LogP contribution in [-0.2, 0) is 4.74 Å². The van der Waals surface area contributed by atoms with Crippen molar-refractivity contribution < 1.29 is 4.74 Å². The van der Waals surface area contributed by atoms with E-state index in [0.717, 1.165) is 23.1 Å². The van der Waals surface area contributed by atoms with Crippen LogP contribution in [0, 0.1) is 0 Å². The Balaban J connectivity index is 2.06. The van der Waals surface area contributed by atoms with Crippen molar-refractivity contribution in [2.45, 2.75) is 12.5 Å². The molecule has 2 heterocycles. The average Bonchev–Trinajstić information content (AvgIpc) is 3.01. The predicted octanol–water partition coefficient (Wildman–Crippen LogP) is 1.65. The Kier molecular flexibility index (Phi) is 3.00. The highest BCUT2D eigenvalue weighted by Gasteiger charge is 2.23. The van der Waals surface area contributed by atoms with E-state index < -0.39 is 0 Å². The van der Waals surface area contributed by atoms with E-state index in [-0.39, 0.29) is 6.04 Å². The van der Waals surface area contributed by atoms with Crippen LogP contribution in [0.3, 0.4) is 0 Å². The lowest BCUT2D eigenvalue weighted by molar-refractivity contribution is 0.184. The molecule has 6 nitrogen and oxygen atoms in total. The molecule has 2 N–H and O–H groups in total. The van der Waals surface area contributed by atoms with Gasteiger partial charge in [-0.15, -0.1) is 5.10 Å². The minimum Gasteiger partial charge on any atom is -0.398 e. The number of aromatic nitrogens is 4. The number of hydrogen-bond acceptors (Lipinski definition) is 5. The molecule has 2 aromatic rings. The van der Waals surface area contributed by atoms with E-state index in [4.69, 9.17) is 10.5 Å². The third-order valence-electron chi connectivity index (χ3n) is 3.01. The van der Waals surface area contributed by atoms with E-state index in [2.05, 4.69) is 31.5 Å². The molecule has 1 aromatic carbocycles. The minimum atomic E-state index is 0.198. The Bertz CT molecular complexity index is 564. The van der Waals surface area contributed by atoms with Crippen LogP contribution in [0.25, 0.3) is 11.4 Å². The molecule has 0 amide bonds. The van der Waals surface area contributed by atoms with Crippen molar-refractivity contribution in [2.75, 3.05) is 18.9 Å². The van der Waals surface area contributed by atoms with Crippen LogP contribution >= 0.6 is 15.9 Å². The van der Waals surface area contributed by atoms with Crippen molar-refractivity contribution in [2.24, 2.45) is 0 Å². The van der Waals surface area contributed by atoms with Crippen LogP contribution in [0.4, 0.5) is 5.69 Å². The van der Waals surface area contributed by atoms with Gasteiger partial charge in [0, 0.05) is 17.9 Å². The molecule has 7 heteroatoms. The van der Waals surface area contributed by atoms with Crippen LogP contribution < -0.4 is 5.73 Å². The summed E-state index contributed by atoms with van der Waals surface area (Å²) in [5.41, 5.74) is 7.45. The number of rotatable bonds is 2. The molecule has 1 aliphatic heterocycles. The molecule has 0 radical (unpaired) electrons. The molecular weight excluding hydrogens is 298 g/mol. The van der Waals surface area contributed by atoms with Gasteiger partial charge in [-0.1, -0.05) is 6.07 Å². The van der Waals surface area contributed by atoms with Crippen molar-refractivity contribution in [3.05, 3.63) is 22.7 Å². The largest absolute Gasteiger partial charge is 0.398 e. The number of nitrogen functional groups attached to an aromatic ring is 1. The zero-order chi connectivity index (χ0) is 12.5. The van der Waals surface area contributed by atoms with Gasteiger partial charge in [-0.3, -0.25) is 0 Å². The Morgan fingerprint density at radius 2 is 2.33 bits per heavy atom. The highest BCUT2D eigenvalue weighted by atomic mass is 79.9. The van der Waals surface area contributed by atoms with E-state index in [1.54, 1.807) is 0 Å². The quantitative estimate of drug-likeness (QED) is 0.853. The Labute approximate surface area is 112 Å². The molecule has 18 heavy (non-hydrogen) atoms. The summed E-state index contributed by atoms with van der Waals surface area (Å²) >= 11 is 3.48. The lowest BCUT2D eigenvalue weighted by atomic mass is 10.1. The summed E-state index contributed by atoms with van der Waals surface area (Å²) in [6.07, 6.45) is 0.929. The third kappa shape index (κ3) is 1.89. The summed E-state index contributed by atoms with van der Waals surface area (Å²) in [6.45, 7) is 1.40. The maximum absolute atomic E-state index is 5.88. The van der Waals surface area contributed by atoms with Gasteiger partial charge in [0.1, 0.15) is 0 Å². The monoisotopic (exact) mass is 309 g/mol. The Morgan fingerprint density at radius 3 is 3.11 bits per heavy atom. The molecule has 0 saturated carbocycles. The third-order valence-corrected chi connectivity index (χ3v) is 3.90. The van der Waals surface area contributed by atoms with Crippen molar-refractivity contribution in [3.8, 4) is 11.4 Å². The number of halogens is 1. The summed E-state index contributed by atoms with van der Waals surface area (Å²) in [4.78, 5) is 0. The first-order valence-corrected chi connectivity index (χ1v) is 6.46. The molecule has 94 valence electrons. The zero-order valence-corrected chi connectivity index (χ0v) is 11.2. The fourth-order valence-electron chi connectivity index (χ4n) is 2.05. The number of tetrazole rings is 1. The fourth-order valence-corrected chi connectivity index (χ4v) is 2.50. The van der Waals surface area contributed by atoms with Crippen LogP contribution in [0.1, 0.15) is 12.5 Å². The summed E-state index contributed by atoms with van der Waals surface area (Å²) in [6, 6.07) is 5.86. The second-order valence-electron chi connectivity index (χ2n) is 4.17. The van der Waals surface area contributed by atoms with Gasteiger partial charge in [0.05, 0.1) is 17.1 Å². The molecule has 0 spiro atoms. The number of benzene rings is 1. The molecule has 3 rings (SSSR count). The first kappa shape index (κ1) is 11.6. The maximum atomic E-state index is 5.88. The fraction of sp³-hybridized carbons (Fsp3) is 0.364. The van der Waals surface area contributed by atoms with Gasteiger partial charge in [-0.25, -0.2) is 4.68 Å². The first-order chi connectivity index (χ1) is 8.77. The number of ether oxygens (including phenoxy) is 1. The number of anilines is 1. The lowest BCUT2D eigenvalue weighted by Gasteiger charge is -2.11. The zero-order valence-electron chi connectivity index (χ0n) is 9.58. The number of nitrogens with zero attached hydrogens (tertiary/aromatic N) is 4. The standard InChI is InChI=1S/C11H12BrN5O/c12-10-8(2-1-3-9(10)13)11-14-15-16-17(11)7-4-5-18-6-7/h1-3,7H,4-6,13H2. The van der Waals surface area contributed by atoms with Gasteiger partial charge in [-0.2, -0.15) is 0 Å². The van der Waals surface area contributed by atoms with Crippen LogP contribution in [0.15, 0.2) is 22.7 Å². The van der Waals surface area contributed by atoms with E-state index in [1.807, 2.05) is 22.9 Å². The van der Waals surface area contributed by atoms with Crippen LogP contribution in [-0.4, -0.2) is 33.4 Å². The van der Waals surface area contributed by atoms with Gasteiger partial charge in [0.15, 0.2) is 5.82 Å². The van der Waals surface area contributed by atoms with E-state index in [1.165, 1.54) is 0 Å². The number of hydrogen-bond donors (Lipinski definition) is 1. The van der Waals surface area contributed by atoms with Crippen molar-refractivity contribution in [3.63, 3.8) is 0 Å². The molecule has 1 unspecified atom stereocenters. The molecular formula is C11H12BrN5O. The summed E-state index contributed by atoms with van der Waals surface area (Å²) in [5.74, 6) is 0.713. The van der Waals surface area contributed by atoms with Crippen LogP contribution in [0.5, 0.6) is 0 Å². The molecule has 1 fully saturated rings. The normalized spacial score (nSPS) is 19.3. The van der Waals surface area contributed by atoms with Crippen molar-refractivity contribution >= 4 is 21.6 Å². The molecule has 1 aromatic heterocycles. The molecule has 1 atom stereocenters. The Morgan fingerprint density at radius 1 is 1.44 bits per heavy atom. The molecule has 0 bridgehead atoms. The molecule has 1 aliphatic rings. The maximum Gasteiger partial charge on any atom is 0.183 e.